The lowest BCUT2D eigenvalue weighted by Gasteiger charge is -2.34. The first-order valence-corrected chi connectivity index (χ1v) is 10.2. The van der Waals surface area contributed by atoms with Crippen LogP contribution >= 0.6 is 22.9 Å². The van der Waals surface area contributed by atoms with Crippen molar-refractivity contribution in [3.8, 4) is 0 Å². The highest BCUT2D eigenvalue weighted by molar-refractivity contribution is 7.22. The van der Waals surface area contributed by atoms with E-state index in [1.807, 2.05) is 18.2 Å². The second-order valence-corrected chi connectivity index (χ2v) is 8.00. The number of rotatable bonds is 4. The van der Waals surface area contributed by atoms with E-state index in [0.717, 1.165) is 15.3 Å². The van der Waals surface area contributed by atoms with E-state index in [-0.39, 0.29) is 11.6 Å². The molecule has 1 aliphatic rings. The highest BCUT2D eigenvalue weighted by Crippen LogP contribution is 2.33. The lowest BCUT2D eigenvalue weighted by atomic mass is 10.2. The molecule has 148 valence electrons. The van der Waals surface area contributed by atoms with Crippen molar-refractivity contribution in [3.05, 3.63) is 69.2 Å². The molecule has 1 aromatic heterocycles. The van der Waals surface area contributed by atoms with Crippen LogP contribution < -0.4 is 4.90 Å². The Bertz CT molecular complexity index is 1110. The molecule has 3 aromatic rings. The van der Waals surface area contributed by atoms with E-state index in [0.29, 0.717) is 36.8 Å². The summed E-state index contributed by atoms with van der Waals surface area (Å²) in [7, 11) is 0. The smallest absolute Gasteiger partial charge is 0.270 e. The number of piperazine rings is 1. The number of carbonyl (C=O) groups excluding carboxylic acids is 1. The summed E-state index contributed by atoms with van der Waals surface area (Å²) in [5, 5.41) is 12.4. The molecule has 0 atom stereocenters. The molecule has 4 rings (SSSR count). The molecule has 9 heteroatoms. The summed E-state index contributed by atoms with van der Waals surface area (Å²) in [5.74, 6) is -0.108. The molecule has 2 heterocycles. The molecule has 1 aliphatic heterocycles. The van der Waals surface area contributed by atoms with Crippen LogP contribution in [0, 0.1) is 10.1 Å². The summed E-state index contributed by atoms with van der Waals surface area (Å²) in [5.41, 5.74) is 1.44. The summed E-state index contributed by atoms with van der Waals surface area (Å²) in [4.78, 5) is 31.5. The van der Waals surface area contributed by atoms with Crippen LogP contribution in [0.5, 0.6) is 0 Å². The monoisotopic (exact) mass is 428 g/mol. The molecule has 0 aliphatic carbocycles. The van der Waals surface area contributed by atoms with Gasteiger partial charge in [0, 0.05) is 44.4 Å². The van der Waals surface area contributed by atoms with Gasteiger partial charge in [-0.25, -0.2) is 4.98 Å². The third-order valence-electron chi connectivity index (χ3n) is 4.72. The van der Waals surface area contributed by atoms with Crippen LogP contribution in [-0.2, 0) is 4.79 Å². The fourth-order valence-electron chi connectivity index (χ4n) is 3.17. The van der Waals surface area contributed by atoms with Crippen molar-refractivity contribution in [2.24, 2.45) is 0 Å². The molecule has 7 nitrogen and oxygen atoms in total. The molecule has 29 heavy (non-hydrogen) atoms. The highest BCUT2D eigenvalue weighted by Gasteiger charge is 2.22. The predicted molar refractivity (Wildman–Crippen MR) is 116 cm³/mol. The van der Waals surface area contributed by atoms with Crippen molar-refractivity contribution in [1.82, 2.24) is 9.88 Å². The van der Waals surface area contributed by atoms with E-state index in [9.17, 15) is 14.9 Å². The van der Waals surface area contributed by atoms with E-state index in [4.69, 9.17) is 11.6 Å². The Labute approximate surface area is 176 Å². The zero-order valence-electron chi connectivity index (χ0n) is 15.3. The van der Waals surface area contributed by atoms with Gasteiger partial charge in [-0.3, -0.25) is 14.9 Å². The fourth-order valence-corrected chi connectivity index (χ4v) is 4.49. The van der Waals surface area contributed by atoms with Crippen LogP contribution in [0.4, 0.5) is 10.8 Å². The van der Waals surface area contributed by atoms with Gasteiger partial charge in [-0.15, -0.1) is 0 Å². The number of carbonyl (C=O) groups is 1. The molecule has 0 N–H and O–H groups in total. The third-order valence-corrected chi connectivity index (χ3v) is 6.11. The van der Waals surface area contributed by atoms with E-state index in [1.165, 1.54) is 18.2 Å². The van der Waals surface area contributed by atoms with E-state index >= 15 is 0 Å². The number of para-hydroxylation sites is 1. The van der Waals surface area contributed by atoms with E-state index in [1.54, 1.807) is 34.4 Å². The number of nitro groups is 1. The highest BCUT2D eigenvalue weighted by atomic mass is 35.5. The van der Waals surface area contributed by atoms with Gasteiger partial charge in [0.2, 0.25) is 5.91 Å². The standard InChI is InChI=1S/C20H17ClN4O3S/c21-16-5-2-6-17-19(16)22-20(29-17)24-11-9-23(10-12-24)18(26)8-7-14-3-1-4-15(13-14)25(27)28/h1-8,13H,9-12H2/b8-7+. The second-order valence-electron chi connectivity index (χ2n) is 6.58. The number of fused-ring (bicyclic) bond motifs is 1. The minimum absolute atomic E-state index is 0.00384. The quantitative estimate of drug-likeness (QED) is 0.353. The summed E-state index contributed by atoms with van der Waals surface area (Å²) in [6.45, 7) is 2.55. The molecule has 1 fully saturated rings. The Morgan fingerprint density at radius 3 is 2.66 bits per heavy atom. The summed E-state index contributed by atoms with van der Waals surface area (Å²) in [6.07, 6.45) is 3.07. The maximum absolute atomic E-state index is 12.5. The average molecular weight is 429 g/mol. The molecule has 0 radical (unpaired) electrons. The number of anilines is 1. The molecule has 1 amide bonds. The summed E-state index contributed by atoms with van der Waals surface area (Å²) in [6, 6.07) is 11.9. The third kappa shape index (κ3) is 4.23. The number of nitrogens with zero attached hydrogens (tertiary/aromatic N) is 4. The van der Waals surface area contributed by atoms with Crippen LogP contribution in [0.15, 0.2) is 48.5 Å². The van der Waals surface area contributed by atoms with Gasteiger partial charge in [0.15, 0.2) is 5.13 Å². The zero-order valence-corrected chi connectivity index (χ0v) is 16.9. The number of nitro benzene ring substituents is 1. The van der Waals surface area contributed by atoms with Gasteiger partial charge in [0.05, 0.1) is 14.6 Å². The molecular formula is C20H17ClN4O3S. The van der Waals surface area contributed by atoms with Crippen LogP contribution in [0.1, 0.15) is 5.56 Å². The predicted octanol–water partition coefficient (Wildman–Crippen LogP) is 4.22. The maximum Gasteiger partial charge on any atom is 0.270 e. The van der Waals surface area contributed by atoms with Gasteiger partial charge >= 0.3 is 0 Å². The molecule has 0 spiro atoms. The van der Waals surface area contributed by atoms with Crippen LogP contribution in [-0.4, -0.2) is 46.9 Å². The first-order chi connectivity index (χ1) is 14.0. The topological polar surface area (TPSA) is 79.6 Å². The van der Waals surface area contributed by atoms with Gasteiger partial charge in [-0.1, -0.05) is 41.1 Å². The Hall–Kier alpha value is -2.97. The van der Waals surface area contributed by atoms with Gasteiger partial charge in [-0.05, 0) is 23.8 Å². The number of aromatic nitrogens is 1. The number of non-ortho nitro benzene ring substituents is 1. The van der Waals surface area contributed by atoms with Crippen LogP contribution in [0.2, 0.25) is 5.02 Å². The summed E-state index contributed by atoms with van der Waals surface area (Å²) >= 11 is 7.81. The van der Waals surface area contributed by atoms with E-state index in [2.05, 4.69) is 9.88 Å². The minimum atomic E-state index is -0.451. The largest absolute Gasteiger partial charge is 0.345 e. The molecule has 0 unspecified atom stereocenters. The van der Waals surface area contributed by atoms with Gasteiger partial charge in [0.1, 0.15) is 5.52 Å². The van der Waals surface area contributed by atoms with Crippen molar-refractivity contribution in [1.29, 1.82) is 0 Å². The molecule has 0 saturated carbocycles. The zero-order chi connectivity index (χ0) is 20.4. The average Bonchev–Trinajstić information content (AvgIpc) is 3.18. The SMILES string of the molecule is O=C(/C=C/c1cccc([N+](=O)[O-])c1)N1CCN(c2nc3c(Cl)cccc3s2)CC1. The molecular weight excluding hydrogens is 412 g/mol. The second kappa shape index (κ2) is 8.18. The van der Waals surface area contributed by atoms with Crippen molar-refractivity contribution in [2.75, 3.05) is 31.1 Å². The number of amides is 1. The summed E-state index contributed by atoms with van der Waals surface area (Å²) < 4.78 is 1.05. The fraction of sp³-hybridized carbons (Fsp3) is 0.200. The van der Waals surface area contributed by atoms with Crippen molar-refractivity contribution in [3.63, 3.8) is 0 Å². The molecule has 0 bridgehead atoms. The van der Waals surface area contributed by atoms with Gasteiger partial charge < -0.3 is 9.80 Å². The number of thiazole rings is 1. The van der Waals surface area contributed by atoms with E-state index < -0.39 is 4.92 Å². The van der Waals surface area contributed by atoms with Gasteiger partial charge in [0.25, 0.3) is 5.69 Å². The van der Waals surface area contributed by atoms with Crippen molar-refractivity contribution in [2.45, 2.75) is 0 Å². The lowest BCUT2D eigenvalue weighted by molar-refractivity contribution is -0.384. The van der Waals surface area contributed by atoms with Crippen LogP contribution in [0.3, 0.4) is 0 Å². The Morgan fingerprint density at radius 1 is 1.17 bits per heavy atom. The number of benzene rings is 2. The van der Waals surface area contributed by atoms with Gasteiger partial charge in [-0.2, -0.15) is 0 Å². The first-order valence-electron chi connectivity index (χ1n) is 9.03. The maximum atomic E-state index is 12.5. The van der Waals surface area contributed by atoms with Crippen molar-refractivity contribution >= 4 is 56.0 Å². The lowest BCUT2D eigenvalue weighted by Crippen LogP contribution is -2.48. The number of halogens is 1. The molecule has 1 saturated heterocycles. The van der Waals surface area contributed by atoms with Crippen molar-refractivity contribution < 1.29 is 9.72 Å². The Kier molecular flexibility index (Phi) is 5.46. The Balaban J connectivity index is 1.38. The minimum Gasteiger partial charge on any atom is -0.345 e. The first kappa shape index (κ1) is 19.4. The number of hydrogen-bond donors (Lipinski definition) is 0. The Morgan fingerprint density at radius 2 is 1.93 bits per heavy atom. The normalized spacial score (nSPS) is 14.7. The van der Waals surface area contributed by atoms with Crippen LogP contribution in [0.25, 0.3) is 16.3 Å². The number of hydrogen-bond acceptors (Lipinski definition) is 6. The molecule has 2 aromatic carbocycles.